The summed E-state index contributed by atoms with van der Waals surface area (Å²) < 4.78 is 39.0. The van der Waals surface area contributed by atoms with Crippen LogP contribution < -0.4 is 4.72 Å². The summed E-state index contributed by atoms with van der Waals surface area (Å²) >= 11 is 1.14. The van der Waals surface area contributed by atoms with E-state index in [2.05, 4.69) is 4.98 Å². The van der Waals surface area contributed by atoms with Crippen LogP contribution in [-0.4, -0.2) is 42.5 Å². The fourth-order valence-corrected chi connectivity index (χ4v) is 3.67. The molecule has 2 rings (SSSR count). The molecule has 0 fully saturated rings. The molecule has 0 bridgehead atoms. The first-order chi connectivity index (χ1) is 11.0. The van der Waals surface area contributed by atoms with Gasteiger partial charge in [0.2, 0.25) is 5.91 Å². The molecule has 1 heterocycles. The Morgan fingerprint density at radius 2 is 1.96 bits per heavy atom. The molecule has 0 saturated carbocycles. The number of fused-ring (bicyclic) bond motifs is 1. The van der Waals surface area contributed by atoms with Crippen LogP contribution in [0.3, 0.4) is 0 Å². The van der Waals surface area contributed by atoms with Gasteiger partial charge in [-0.3, -0.25) is 9.78 Å². The summed E-state index contributed by atoms with van der Waals surface area (Å²) in [5.74, 6) is -1.07. The second kappa shape index (κ2) is 6.66. The second-order valence-corrected chi connectivity index (χ2v) is 9.35. The lowest BCUT2D eigenvalue weighted by Crippen LogP contribution is -2.47. The number of hydrogen-bond acceptors (Lipinski definition) is 5. The molecular weight excluding hydrogens is 353 g/mol. The smallest absolute Gasteiger partial charge is 0.272 e. The first-order valence-corrected chi connectivity index (χ1v) is 9.26. The summed E-state index contributed by atoms with van der Waals surface area (Å²) in [7, 11) is -1.22. The SMILES string of the molecule is CN(C)S(=O)(=O)NC(=O)C(C)(C)Sc1ccnc2ccc(F)cc12. The third-order valence-electron chi connectivity index (χ3n) is 3.28. The van der Waals surface area contributed by atoms with E-state index in [4.69, 9.17) is 0 Å². The van der Waals surface area contributed by atoms with E-state index in [0.717, 1.165) is 16.1 Å². The van der Waals surface area contributed by atoms with Crippen LogP contribution in [0.5, 0.6) is 0 Å². The van der Waals surface area contributed by atoms with E-state index >= 15 is 0 Å². The van der Waals surface area contributed by atoms with Crippen LogP contribution in [0.4, 0.5) is 4.39 Å². The Hall–Kier alpha value is -1.71. The molecule has 1 aromatic heterocycles. The molecule has 24 heavy (non-hydrogen) atoms. The lowest BCUT2D eigenvalue weighted by molar-refractivity contribution is -0.120. The average Bonchev–Trinajstić information content (AvgIpc) is 2.47. The zero-order valence-corrected chi connectivity index (χ0v) is 15.3. The minimum Gasteiger partial charge on any atom is -0.272 e. The van der Waals surface area contributed by atoms with Crippen molar-refractivity contribution in [3.05, 3.63) is 36.3 Å². The first-order valence-electron chi connectivity index (χ1n) is 7.01. The Bertz CT molecular complexity index is 883. The molecule has 6 nitrogen and oxygen atoms in total. The monoisotopic (exact) mass is 371 g/mol. The second-order valence-electron chi connectivity index (χ2n) is 5.80. The fraction of sp³-hybridized carbons (Fsp3) is 0.333. The number of pyridine rings is 1. The Morgan fingerprint density at radius 1 is 1.29 bits per heavy atom. The van der Waals surface area contributed by atoms with Crippen molar-refractivity contribution in [2.24, 2.45) is 0 Å². The van der Waals surface area contributed by atoms with Crippen molar-refractivity contribution in [1.82, 2.24) is 14.0 Å². The molecule has 2 aromatic rings. The van der Waals surface area contributed by atoms with Gasteiger partial charge in [0.05, 0.1) is 10.3 Å². The quantitative estimate of drug-likeness (QED) is 0.815. The molecule has 1 amide bonds. The third kappa shape index (κ3) is 4.03. The minimum atomic E-state index is -3.87. The van der Waals surface area contributed by atoms with Crippen LogP contribution in [0.25, 0.3) is 10.9 Å². The van der Waals surface area contributed by atoms with Crippen molar-refractivity contribution in [2.75, 3.05) is 14.1 Å². The lowest BCUT2D eigenvalue weighted by Gasteiger charge is -2.24. The molecule has 1 N–H and O–H groups in total. The molecular formula is C15H18FN3O3S2. The minimum absolute atomic E-state index is 0.408. The van der Waals surface area contributed by atoms with Crippen molar-refractivity contribution in [3.63, 3.8) is 0 Å². The predicted octanol–water partition coefficient (Wildman–Crippen LogP) is 2.17. The van der Waals surface area contributed by atoms with Crippen LogP contribution in [-0.2, 0) is 15.0 Å². The molecule has 0 aliphatic carbocycles. The number of amides is 1. The molecule has 0 spiro atoms. The summed E-state index contributed by atoms with van der Waals surface area (Å²) in [6.45, 7) is 3.20. The summed E-state index contributed by atoms with van der Waals surface area (Å²) in [5.41, 5.74) is 0.596. The Labute approximate surface area is 144 Å². The van der Waals surface area contributed by atoms with Crippen LogP contribution in [0.15, 0.2) is 35.4 Å². The van der Waals surface area contributed by atoms with Crippen molar-refractivity contribution >= 4 is 38.8 Å². The first kappa shape index (κ1) is 18.6. The van der Waals surface area contributed by atoms with Crippen molar-refractivity contribution < 1.29 is 17.6 Å². The van der Waals surface area contributed by atoms with E-state index in [1.54, 1.807) is 32.2 Å². The van der Waals surface area contributed by atoms with Crippen LogP contribution in [0.2, 0.25) is 0 Å². The molecule has 0 aliphatic heterocycles. The summed E-state index contributed by atoms with van der Waals surface area (Å²) in [5, 5.41) is 0.568. The fourth-order valence-electron chi connectivity index (χ4n) is 1.83. The van der Waals surface area contributed by atoms with Gasteiger partial charge in [0, 0.05) is 30.6 Å². The zero-order chi connectivity index (χ0) is 18.1. The van der Waals surface area contributed by atoms with Gasteiger partial charge in [-0.25, -0.2) is 9.11 Å². The largest absolute Gasteiger partial charge is 0.303 e. The van der Waals surface area contributed by atoms with E-state index in [1.165, 1.54) is 26.2 Å². The maximum atomic E-state index is 13.5. The molecule has 0 aliphatic rings. The number of benzene rings is 1. The summed E-state index contributed by atoms with van der Waals surface area (Å²) in [6.07, 6.45) is 1.56. The van der Waals surface area contributed by atoms with Crippen LogP contribution >= 0.6 is 11.8 Å². The van der Waals surface area contributed by atoms with Gasteiger partial charge >= 0.3 is 10.2 Å². The third-order valence-corrected chi connectivity index (χ3v) is 5.95. The molecule has 0 atom stereocenters. The van der Waals surface area contributed by atoms with Gasteiger partial charge in [0.25, 0.3) is 0 Å². The van der Waals surface area contributed by atoms with Gasteiger partial charge in [-0.05, 0) is 38.1 Å². The number of thioether (sulfide) groups is 1. The Balaban J connectivity index is 2.32. The number of halogens is 1. The Kier molecular flexibility index (Phi) is 5.17. The number of aromatic nitrogens is 1. The maximum Gasteiger partial charge on any atom is 0.303 e. The van der Waals surface area contributed by atoms with Crippen molar-refractivity contribution in [3.8, 4) is 0 Å². The number of rotatable bonds is 5. The zero-order valence-electron chi connectivity index (χ0n) is 13.7. The molecule has 0 saturated heterocycles. The number of carbonyl (C=O) groups excluding carboxylic acids is 1. The van der Waals surface area contributed by atoms with E-state index in [9.17, 15) is 17.6 Å². The average molecular weight is 371 g/mol. The van der Waals surface area contributed by atoms with Crippen LogP contribution in [0.1, 0.15) is 13.8 Å². The van der Waals surface area contributed by atoms with Gasteiger partial charge in [0.1, 0.15) is 5.82 Å². The molecule has 0 unspecified atom stereocenters. The van der Waals surface area contributed by atoms with Gasteiger partial charge in [-0.15, -0.1) is 11.8 Å². The lowest BCUT2D eigenvalue weighted by atomic mass is 10.2. The van der Waals surface area contributed by atoms with Gasteiger partial charge in [0.15, 0.2) is 0 Å². The highest BCUT2D eigenvalue weighted by Crippen LogP contribution is 2.36. The number of nitrogens with one attached hydrogen (secondary N) is 1. The van der Waals surface area contributed by atoms with Crippen molar-refractivity contribution in [1.29, 1.82) is 0 Å². The highest BCUT2D eigenvalue weighted by atomic mass is 32.2. The van der Waals surface area contributed by atoms with Gasteiger partial charge in [-0.1, -0.05) is 0 Å². The summed E-state index contributed by atoms with van der Waals surface area (Å²) in [4.78, 5) is 17.2. The van der Waals surface area contributed by atoms with Crippen molar-refractivity contribution in [2.45, 2.75) is 23.5 Å². The standard InChI is InChI=1S/C15H18FN3O3S2/c1-15(2,14(20)18-24(21,22)19(3)4)23-13-7-8-17-12-6-5-10(16)9-11(12)13/h5-9H,1-4H3,(H,18,20). The number of carbonyl (C=O) groups is 1. The molecule has 9 heteroatoms. The number of nitrogens with zero attached hydrogens (tertiary/aromatic N) is 2. The highest BCUT2D eigenvalue weighted by molar-refractivity contribution is 8.01. The molecule has 0 radical (unpaired) electrons. The Morgan fingerprint density at radius 3 is 2.58 bits per heavy atom. The predicted molar refractivity (Wildman–Crippen MR) is 92.4 cm³/mol. The van der Waals surface area contributed by atoms with E-state index < -0.39 is 26.7 Å². The molecule has 1 aromatic carbocycles. The normalized spacial score (nSPS) is 12.6. The highest BCUT2D eigenvalue weighted by Gasteiger charge is 2.33. The molecule has 130 valence electrons. The van der Waals surface area contributed by atoms with Gasteiger partial charge < -0.3 is 0 Å². The summed E-state index contributed by atoms with van der Waals surface area (Å²) in [6, 6.07) is 5.88. The maximum absolute atomic E-state index is 13.5. The number of hydrogen-bond donors (Lipinski definition) is 1. The van der Waals surface area contributed by atoms with E-state index in [1.807, 2.05) is 4.72 Å². The van der Waals surface area contributed by atoms with Gasteiger partial charge in [-0.2, -0.15) is 12.7 Å². The van der Waals surface area contributed by atoms with E-state index in [-0.39, 0.29) is 0 Å². The van der Waals surface area contributed by atoms with E-state index in [0.29, 0.717) is 15.8 Å². The topological polar surface area (TPSA) is 79.4 Å². The van der Waals surface area contributed by atoms with Crippen LogP contribution in [0, 0.1) is 5.82 Å².